The summed E-state index contributed by atoms with van der Waals surface area (Å²) in [7, 11) is 0. The van der Waals surface area contributed by atoms with Gasteiger partial charge in [-0.05, 0) is 146 Å². The molecule has 6 heteroatoms. The van der Waals surface area contributed by atoms with Crippen molar-refractivity contribution in [1.29, 1.82) is 0 Å². The standard InChI is InChI=1S/C66H65N5.Pt/c1-38(2)47-32-48(63-68-65(11)37-49-29-42(8)43(9)31-57(49)66(65,12)71(63)62-51(39(3)4)20-16-21-52(62)40(5)6)34-50(33-47)69-58-25-23-41(7)28-54(58)55-30-44(10)60(36-61(55)69)70-59-26-24-46(45-18-14-13-15-19-45)35-56(59)53-22-17-27-67-64(53)70;/h13-20,22-33,35,38-40,52H,21,37H2,1-12H3;/q-2;+2/t52-,65-,66+;/m1./s1. The molecule has 0 amide bonds. The fraction of sp³-hybridized carbons (Fsp3) is 0.303. The van der Waals surface area contributed by atoms with Crippen molar-refractivity contribution in [1.82, 2.24) is 19.0 Å². The Balaban J connectivity index is 0.00000560. The van der Waals surface area contributed by atoms with E-state index in [2.05, 4.69) is 231 Å². The van der Waals surface area contributed by atoms with Gasteiger partial charge < -0.3 is 19.0 Å². The van der Waals surface area contributed by atoms with Gasteiger partial charge >= 0.3 is 21.1 Å². The Bertz CT molecular complexity index is 3780. The predicted molar refractivity (Wildman–Crippen MR) is 297 cm³/mol. The average molecular weight is 1120 g/mol. The Labute approximate surface area is 440 Å². The molecule has 2 aliphatic carbocycles. The third-order valence-corrected chi connectivity index (χ3v) is 16.9. The maximum absolute atomic E-state index is 6.07. The molecule has 5 nitrogen and oxygen atoms in total. The first-order chi connectivity index (χ1) is 34.1. The molecule has 3 aliphatic rings. The van der Waals surface area contributed by atoms with Gasteiger partial charge in [0.15, 0.2) is 0 Å². The van der Waals surface area contributed by atoms with Gasteiger partial charge in [0.1, 0.15) is 5.65 Å². The third kappa shape index (κ3) is 7.11. The van der Waals surface area contributed by atoms with Crippen molar-refractivity contribution in [2.75, 3.05) is 0 Å². The van der Waals surface area contributed by atoms with Crippen molar-refractivity contribution in [3.63, 3.8) is 0 Å². The van der Waals surface area contributed by atoms with Gasteiger partial charge in [-0.15, -0.1) is 46.3 Å². The minimum absolute atomic E-state index is 0. The summed E-state index contributed by atoms with van der Waals surface area (Å²) < 4.78 is 4.76. The normalized spacial score (nSPS) is 19.7. The molecule has 0 bridgehead atoms. The van der Waals surface area contributed by atoms with Crippen LogP contribution < -0.4 is 0 Å². The van der Waals surface area contributed by atoms with Crippen molar-refractivity contribution < 1.29 is 21.1 Å². The summed E-state index contributed by atoms with van der Waals surface area (Å²) in [6, 6.07) is 49.0. The Morgan fingerprint density at radius 3 is 2.15 bits per heavy atom. The van der Waals surface area contributed by atoms with E-state index >= 15 is 0 Å². The molecule has 0 unspecified atom stereocenters. The second-order valence-corrected chi connectivity index (χ2v) is 22.5. The van der Waals surface area contributed by atoms with Gasteiger partial charge in [0.25, 0.3) is 0 Å². The molecule has 1 aliphatic heterocycles. The molecule has 0 spiro atoms. The van der Waals surface area contributed by atoms with E-state index in [0.29, 0.717) is 17.8 Å². The van der Waals surface area contributed by atoms with Crippen LogP contribution in [0.3, 0.4) is 0 Å². The number of hydrogen-bond donors (Lipinski definition) is 0. The van der Waals surface area contributed by atoms with Crippen LogP contribution in [0.5, 0.6) is 0 Å². The monoisotopic (exact) mass is 1120 g/mol. The Hall–Kier alpha value is -6.29. The zero-order valence-corrected chi connectivity index (χ0v) is 46.2. The maximum Gasteiger partial charge on any atom is 2.00 e. The van der Waals surface area contributed by atoms with E-state index in [0.717, 1.165) is 68.8 Å². The summed E-state index contributed by atoms with van der Waals surface area (Å²) in [6.07, 6.45) is 8.66. The van der Waals surface area contributed by atoms with Gasteiger partial charge in [-0.2, -0.15) is 6.07 Å². The SMILES string of the molecule is Cc1ccc2c(c1)c1cc(C)c(-n3c4ccc(-c5ccccc5)cc4c4cccnc43)[c-]c1n2-c1[c-]c(C2=N[C@]3(C)Cc4cc(C)c(C)cc4[C@]3(C)N2C2=C(C(C)C)C=CC[C@@H]2C(C)C)cc(C(C)C)c1.[Pt+2]. The number of rotatable bonds is 8. The minimum atomic E-state index is -0.422. The molecule has 0 saturated heterocycles. The topological polar surface area (TPSA) is 38.4 Å². The van der Waals surface area contributed by atoms with E-state index in [1.165, 1.54) is 71.9 Å². The number of aryl methyl sites for hydroxylation is 4. The van der Waals surface area contributed by atoms with E-state index < -0.39 is 11.1 Å². The molecule has 0 N–H and O–H groups in total. The number of amidine groups is 1. The van der Waals surface area contributed by atoms with Gasteiger partial charge in [-0.3, -0.25) is 0 Å². The quantitative estimate of drug-likeness (QED) is 0.142. The van der Waals surface area contributed by atoms with E-state index in [1.54, 1.807) is 0 Å². The van der Waals surface area contributed by atoms with Crippen molar-refractivity contribution in [2.45, 2.75) is 113 Å². The molecule has 364 valence electrons. The molecule has 4 heterocycles. The number of benzene rings is 6. The summed E-state index contributed by atoms with van der Waals surface area (Å²) >= 11 is 0. The van der Waals surface area contributed by atoms with Gasteiger partial charge in [0.05, 0.1) is 22.4 Å². The number of allylic oxidation sites excluding steroid dienone is 4. The predicted octanol–water partition coefficient (Wildman–Crippen LogP) is 16.3. The number of aromatic nitrogens is 3. The first-order valence-electron chi connectivity index (χ1n) is 26.0. The number of pyridine rings is 1. The second-order valence-electron chi connectivity index (χ2n) is 22.5. The fourth-order valence-electron chi connectivity index (χ4n) is 12.7. The molecule has 3 atom stereocenters. The summed E-state index contributed by atoms with van der Waals surface area (Å²) in [5.74, 6) is 2.39. The van der Waals surface area contributed by atoms with Crippen LogP contribution in [0, 0.1) is 57.6 Å². The van der Waals surface area contributed by atoms with E-state index in [-0.39, 0.29) is 27.0 Å². The van der Waals surface area contributed by atoms with Gasteiger partial charge in [0.2, 0.25) is 0 Å². The average Bonchev–Trinajstić information content (AvgIpc) is 3.99. The number of hydrogen-bond acceptors (Lipinski definition) is 3. The van der Waals surface area contributed by atoms with Crippen LogP contribution in [0.25, 0.3) is 66.2 Å². The van der Waals surface area contributed by atoms with Gasteiger partial charge in [-0.1, -0.05) is 138 Å². The molecule has 3 aromatic heterocycles. The maximum atomic E-state index is 6.07. The first-order valence-corrected chi connectivity index (χ1v) is 26.0. The van der Waals surface area contributed by atoms with Crippen molar-refractivity contribution >= 4 is 49.6 Å². The van der Waals surface area contributed by atoms with E-state index in [1.807, 2.05) is 6.20 Å². The first kappa shape index (κ1) is 48.0. The van der Waals surface area contributed by atoms with Crippen molar-refractivity contribution in [3.05, 3.63) is 195 Å². The van der Waals surface area contributed by atoms with Crippen LogP contribution in [0.15, 0.2) is 144 Å². The Morgan fingerprint density at radius 1 is 0.667 bits per heavy atom. The van der Waals surface area contributed by atoms with Crippen molar-refractivity contribution in [3.8, 4) is 22.5 Å². The summed E-state index contributed by atoms with van der Waals surface area (Å²) in [5, 5.41) is 4.68. The van der Waals surface area contributed by atoms with Crippen molar-refractivity contribution in [2.24, 2.45) is 22.7 Å². The van der Waals surface area contributed by atoms with E-state index in [4.69, 9.17) is 9.98 Å². The largest absolute Gasteiger partial charge is 2.00 e. The van der Waals surface area contributed by atoms with Crippen LogP contribution in [0.2, 0.25) is 0 Å². The summed E-state index contributed by atoms with van der Waals surface area (Å²) in [5.41, 5.74) is 20.7. The molecule has 72 heavy (non-hydrogen) atoms. The third-order valence-electron chi connectivity index (χ3n) is 16.9. The van der Waals surface area contributed by atoms with Crippen LogP contribution in [-0.4, -0.2) is 30.4 Å². The van der Waals surface area contributed by atoms with Crippen LogP contribution in [0.1, 0.15) is 112 Å². The Kier molecular flexibility index (Phi) is 11.6. The minimum Gasteiger partial charge on any atom is -0.357 e. The number of fused-ring (bicyclic) bond motifs is 9. The number of aliphatic imine (C=N–C) groups is 1. The molecular formula is C66H65N5Pt. The summed E-state index contributed by atoms with van der Waals surface area (Å²) in [6.45, 7) is 28.1. The van der Waals surface area contributed by atoms with Crippen LogP contribution in [-0.2, 0) is 33.0 Å². The van der Waals surface area contributed by atoms with E-state index in [9.17, 15) is 0 Å². The van der Waals surface area contributed by atoms with Gasteiger partial charge in [0, 0.05) is 34.1 Å². The molecule has 0 saturated carbocycles. The fourth-order valence-corrected chi connectivity index (χ4v) is 12.7. The van der Waals surface area contributed by atoms with Gasteiger partial charge in [-0.25, -0.2) is 4.98 Å². The second kappa shape index (κ2) is 17.4. The number of nitrogens with zero attached hydrogens (tertiary/aromatic N) is 5. The van der Waals surface area contributed by atoms with Crippen LogP contribution in [0.4, 0.5) is 0 Å². The molecule has 0 fully saturated rings. The smallest absolute Gasteiger partial charge is 0.357 e. The molecule has 0 radical (unpaired) electrons. The zero-order chi connectivity index (χ0) is 49.4. The molecular weight excluding hydrogens is 1060 g/mol. The molecule has 9 aromatic rings. The molecule has 6 aromatic carbocycles. The Morgan fingerprint density at radius 2 is 1.40 bits per heavy atom. The summed E-state index contributed by atoms with van der Waals surface area (Å²) in [4.78, 5) is 13.9. The zero-order valence-electron chi connectivity index (χ0n) is 43.9. The van der Waals surface area contributed by atoms with Crippen LogP contribution >= 0.6 is 0 Å². The molecule has 12 rings (SSSR count).